The molecular formula is C22H35N7O3. The van der Waals surface area contributed by atoms with E-state index < -0.39 is 0 Å². The average Bonchev–Trinajstić information content (AvgIpc) is 3.13. The Morgan fingerprint density at radius 1 is 1.22 bits per heavy atom. The lowest BCUT2D eigenvalue weighted by atomic mass is 10.2. The number of nitrogens with zero attached hydrogens (tertiary/aromatic N) is 5. The van der Waals surface area contributed by atoms with Crippen molar-refractivity contribution < 1.29 is 14.2 Å². The van der Waals surface area contributed by atoms with Gasteiger partial charge in [-0.3, -0.25) is 4.90 Å². The standard InChI is InChI=1S/C22H35N7O3/c1-5-32-20-15-18(7-8-19(20)30-4)25-22(24-16-21-27-26-17(2)28(21)3)23-9-6-10-29-11-13-31-14-12-29/h7-8,15H,5-6,9-14,16H2,1-4H3,(H2,23,24,25). The van der Waals surface area contributed by atoms with Crippen molar-refractivity contribution in [1.29, 1.82) is 0 Å². The largest absolute Gasteiger partial charge is 0.493 e. The predicted molar refractivity (Wildman–Crippen MR) is 125 cm³/mol. The van der Waals surface area contributed by atoms with Crippen molar-refractivity contribution in [1.82, 2.24) is 25.0 Å². The predicted octanol–water partition coefficient (Wildman–Crippen LogP) is 1.81. The summed E-state index contributed by atoms with van der Waals surface area (Å²) in [5.74, 6) is 3.74. The highest BCUT2D eigenvalue weighted by Gasteiger charge is 2.11. The first-order valence-electron chi connectivity index (χ1n) is 11.1. The van der Waals surface area contributed by atoms with Gasteiger partial charge in [0.1, 0.15) is 12.4 Å². The number of guanidine groups is 1. The number of aliphatic imine (C=N–C) groups is 1. The highest BCUT2D eigenvalue weighted by atomic mass is 16.5. The third-order valence-electron chi connectivity index (χ3n) is 5.33. The van der Waals surface area contributed by atoms with Crippen LogP contribution in [0.2, 0.25) is 0 Å². The molecule has 1 fully saturated rings. The van der Waals surface area contributed by atoms with Crippen molar-refractivity contribution in [2.45, 2.75) is 26.8 Å². The molecule has 2 aromatic rings. The fourth-order valence-corrected chi connectivity index (χ4v) is 3.37. The van der Waals surface area contributed by atoms with Gasteiger partial charge in [0.2, 0.25) is 0 Å². The summed E-state index contributed by atoms with van der Waals surface area (Å²) in [6, 6.07) is 5.74. The minimum absolute atomic E-state index is 0.421. The van der Waals surface area contributed by atoms with Gasteiger partial charge in [-0.1, -0.05) is 0 Å². The Labute approximate surface area is 190 Å². The van der Waals surface area contributed by atoms with E-state index in [-0.39, 0.29) is 0 Å². The summed E-state index contributed by atoms with van der Waals surface area (Å²) in [7, 11) is 3.58. The van der Waals surface area contributed by atoms with Crippen molar-refractivity contribution >= 4 is 11.6 Å². The lowest BCUT2D eigenvalue weighted by Gasteiger charge is -2.26. The fraction of sp³-hybridized carbons (Fsp3) is 0.591. The second kappa shape index (κ2) is 12.3. The van der Waals surface area contributed by atoms with Gasteiger partial charge in [-0.2, -0.15) is 0 Å². The van der Waals surface area contributed by atoms with E-state index in [1.165, 1.54) is 0 Å². The Kier molecular flexibility index (Phi) is 9.12. The maximum Gasteiger partial charge on any atom is 0.196 e. The lowest BCUT2D eigenvalue weighted by Crippen LogP contribution is -2.39. The van der Waals surface area contributed by atoms with Gasteiger partial charge in [-0.15, -0.1) is 10.2 Å². The molecule has 1 saturated heterocycles. The zero-order valence-corrected chi connectivity index (χ0v) is 19.6. The molecule has 3 rings (SSSR count). The van der Waals surface area contributed by atoms with Crippen molar-refractivity contribution in [3.05, 3.63) is 29.8 Å². The second-order valence-corrected chi connectivity index (χ2v) is 7.55. The Balaban J connectivity index is 1.65. The fourth-order valence-electron chi connectivity index (χ4n) is 3.37. The monoisotopic (exact) mass is 445 g/mol. The van der Waals surface area contributed by atoms with Crippen LogP contribution >= 0.6 is 0 Å². The van der Waals surface area contributed by atoms with Crippen LogP contribution in [0.1, 0.15) is 25.0 Å². The van der Waals surface area contributed by atoms with Crippen molar-refractivity contribution in [3.8, 4) is 11.5 Å². The van der Waals surface area contributed by atoms with E-state index in [1.54, 1.807) is 7.11 Å². The molecule has 10 heteroatoms. The molecule has 1 aromatic carbocycles. The minimum atomic E-state index is 0.421. The molecule has 1 aliphatic heterocycles. The first-order chi connectivity index (χ1) is 15.6. The van der Waals surface area contributed by atoms with Crippen LogP contribution in [-0.2, 0) is 18.3 Å². The second-order valence-electron chi connectivity index (χ2n) is 7.55. The number of nitrogens with one attached hydrogen (secondary N) is 2. The molecule has 2 N–H and O–H groups in total. The van der Waals surface area contributed by atoms with E-state index in [4.69, 9.17) is 19.2 Å². The molecule has 0 saturated carbocycles. The van der Waals surface area contributed by atoms with Crippen LogP contribution in [0, 0.1) is 6.92 Å². The number of methoxy groups -OCH3 is 1. The molecular weight excluding hydrogens is 410 g/mol. The van der Waals surface area contributed by atoms with Gasteiger partial charge in [0.25, 0.3) is 0 Å². The van der Waals surface area contributed by atoms with Crippen molar-refractivity contribution in [2.24, 2.45) is 12.0 Å². The summed E-state index contributed by atoms with van der Waals surface area (Å²) < 4.78 is 18.5. The third kappa shape index (κ3) is 6.83. The number of ether oxygens (including phenoxy) is 3. The molecule has 0 amide bonds. The maximum absolute atomic E-state index is 5.70. The molecule has 0 bridgehead atoms. The van der Waals surface area contributed by atoms with Gasteiger partial charge < -0.3 is 29.4 Å². The van der Waals surface area contributed by atoms with Gasteiger partial charge in [0.05, 0.1) is 26.9 Å². The SMILES string of the molecule is CCOc1cc(NC(=NCc2nnc(C)n2C)NCCCN2CCOCC2)ccc1OC. The van der Waals surface area contributed by atoms with Crippen molar-refractivity contribution in [2.75, 3.05) is 58.4 Å². The molecule has 0 aliphatic carbocycles. The van der Waals surface area contributed by atoms with E-state index in [1.807, 2.05) is 43.7 Å². The third-order valence-corrected chi connectivity index (χ3v) is 5.33. The molecule has 0 spiro atoms. The summed E-state index contributed by atoms with van der Waals surface area (Å²) in [6.45, 7) is 10.3. The smallest absolute Gasteiger partial charge is 0.196 e. The average molecular weight is 446 g/mol. The van der Waals surface area contributed by atoms with Crippen LogP contribution in [0.4, 0.5) is 5.69 Å². The molecule has 1 aromatic heterocycles. The van der Waals surface area contributed by atoms with Crippen LogP contribution in [0.15, 0.2) is 23.2 Å². The Bertz CT molecular complexity index is 878. The number of hydrogen-bond acceptors (Lipinski definition) is 7. The molecule has 0 atom stereocenters. The lowest BCUT2D eigenvalue weighted by molar-refractivity contribution is 0.0376. The van der Waals surface area contributed by atoms with E-state index in [2.05, 4.69) is 25.7 Å². The van der Waals surface area contributed by atoms with E-state index in [0.717, 1.165) is 63.1 Å². The van der Waals surface area contributed by atoms with Gasteiger partial charge in [-0.05, 0) is 38.9 Å². The van der Waals surface area contributed by atoms with Crippen LogP contribution in [0.3, 0.4) is 0 Å². The first kappa shape index (κ1) is 23.8. The van der Waals surface area contributed by atoms with Crippen LogP contribution in [-0.4, -0.2) is 78.7 Å². The molecule has 0 radical (unpaired) electrons. The van der Waals surface area contributed by atoms with Crippen molar-refractivity contribution in [3.63, 3.8) is 0 Å². The zero-order valence-electron chi connectivity index (χ0n) is 19.6. The number of hydrogen-bond donors (Lipinski definition) is 2. The highest BCUT2D eigenvalue weighted by molar-refractivity contribution is 5.93. The topological polar surface area (TPSA) is 98.1 Å². The van der Waals surface area contributed by atoms with Crippen LogP contribution in [0.5, 0.6) is 11.5 Å². The molecule has 10 nitrogen and oxygen atoms in total. The van der Waals surface area contributed by atoms with Gasteiger partial charge in [-0.25, -0.2) is 4.99 Å². The van der Waals surface area contributed by atoms with Gasteiger partial charge in [0.15, 0.2) is 23.3 Å². The van der Waals surface area contributed by atoms with E-state index >= 15 is 0 Å². The number of aromatic nitrogens is 3. The summed E-state index contributed by atoms with van der Waals surface area (Å²) in [5.41, 5.74) is 0.864. The Hall–Kier alpha value is -2.85. The first-order valence-corrected chi connectivity index (χ1v) is 11.1. The number of benzene rings is 1. The van der Waals surface area contributed by atoms with Crippen LogP contribution < -0.4 is 20.1 Å². The zero-order chi connectivity index (χ0) is 22.8. The molecule has 32 heavy (non-hydrogen) atoms. The summed E-state index contributed by atoms with van der Waals surface area (Å²) in [5, 5.41) is 15.1. The highest BCUT2D eigenvalue weighted by Crippen LogP contribution is 2.30. The van der Waals surface area contributed by atoms with Crippen LogP contribution in [0.25, 0.3) is 0 Å². The molecule has 0 unspecified atom stereocenters. The van der Waals surface area contributed by atoms with Gasteiger partial charge in [0, 0.05) is 38.4 Å². The molecule has 1 aliphatic rings. The van der Waals surface area contributed by atoms with Gasteiger partial charge >= 0.3 is 0 Å². The number of anilines is 1. The Morgan fingerprint density at radius 2 is 2.03 bits per heavy atom. The number of morpholine rings is 1. The van der Waals surface area contributed by atoms with E-state index in [0.29, 0.717) is 30.6 Å². The minimum Gasteiger partial charge on any atom is -0.493 e. The summed E-state index contributed by atoms with van der Waals surface area (Å²) >= 11 is 0. The summed E-state index contributed by atoms with van der Waals surface area (Å²) in [6.07, 6.45) is 1.01. The number of aryl methyl sites for hydroxylation is 1. The maximum atomic E-state index is 5.70. The Morgan fingerprint density at radius 3 is 2.72 bits per heavy atom. The molecule has 176 valence electrons. The summed E-state index contributed by atoms with van der Waals surface area (Å²) in [4.78, 5) is 7.16. The van der Waals surface area contributed by atoms with E-state index in [9.17, 15) is 0 Å². The molecule has 2 heterocycles. The number of rotatable bonds is 10. The quantitative estimate of drug-likeness (QED) is 0.325. The normalized spacial score (nSPS) is 14.9.